The van der Waals surface area contributed by atoms with Crippen LogP contribution in [0.15, 0.2) is 18.2 Å². The lowest BCUT2D eigenvalue weighted by molar-refractivity contribution is -0.144. The van der Waals surface area contributed by atoms with Crippen molar-refractivity contribution in [2.45, 2.75) is 51.6 Å². The van der Waals surface area contributed by atoms with Crippen LogP contribution in [0.1, 0.15) is 48.9 Å². The fourth-order valence-corrected chi connectivity index (χ4v) is 3.92. The van der Waals surface area contributed by atoms with E-state index in [1.807, 2.05) is 0 Å². The molecule has 0 amide bonds. The first-order chi connectivity index (χ1) is 9.56. The highest BCUT2D eigenvalue weighted by molar-refractivity contribution is 5.70. The summed E-state index contributed by atoms with van der Waals surface area (Å²) in [6.07, 6.45) is 3.91. The molecule has 1 fully saturated rings. The largest absolute Gasteiger partial charge is 0.481 e. The maximum atomic E-state index is 11.2. The summed E-state index contributed by atoms with van der Waals surface area (Å²) in [5, 5.41) is 9.18. The Morgan fingerprint density at radius 3 is 2.85 bits per heavy atom. The zero-order valence-corrected chi connectivity index (χ0v) is 12.3. The van der Waals surface area contributed by atoms with Crippen molar-refractivity contribution in [1.82, 2.24) is 4.90 Å². The normalized spacial score (nSPS) is 30.2. The molecule has 2 aliphatic rings. The number of benzene rings is 1. The Hall–Kier alpha value is -1.35. The Kier molecular flexibility index (Phi) is 3.55. The van der Waals surface area contributed by atoms with Crippen LogP contribution in [0.3, 0.4) is 0 Å². The van der Waals surface area contributed by atoms with Gasteiger partial charge in [0.2, 0.25) is 0 Å². The van der Waals surface area contributed by atoms with E-state index in [0.29, 0.717) is 12.1 Å². The third-order valence-corrected chi connectivity index (χ3v) is 5.02. The third-order valence-electron chi connectivity index (χ3n) is 5.02. The van der Waals surface area contributed by atoms with Gasteiger partial charge in [0, 0.05) is 12.1 Å². The van der Waals surface area contributed by atoms with Gasteiger partial charge in [-0.25, -0.2) is 0 Å². The van der Waals surface area contributed by atoms with Gasteiger partial charge in [-0.15, -0.1) is 0 Å². The molecule has 1 saturated heterocycles. The Labute approximate surface area is 120 Å². The summed E-state index contributed by atoms with van der Waals surface area (Å²) < 4.78 is 0. The molecule has 3 atom stereocenters. The maximum Gasteiger partial charge on any atom is 0.306 e. The molecule has 3 nitrogen and oxygen atoms in total. The molecule has 0 radical (unpaired) electrons. The Bertz CT molecular complexity index is 526. The highest BCUT2D eigenvalue weighted by Gasteiger charge is 2.36. The zero-order valence-electron chi connectivity index (χ0n) is 12.3. The molecule has 1 N–H and O–H groups in total. The minimum atomic E-state index is -0.626. The number of piperidine rings is 1. The molecule has 0 saturated carbocycles. The number of aliphatic carboxylic acids is 1. The number of aryl methyl sites for hydroxylation is 2. The van der Waals surface area contributed by atoms with E-state index in [1.54, 1.807) is 0 Å². The lowest BCUT2D eigenvalue weighted by Gasteiger charge is -2.40. The van der Waals surface area contributed by atoms with Crippen molar-refractivity contribution in [1.29, 1.82) is 0 Å². The van der Waals surface area contributed by atoms with Crippen molar-refractivity contribution >= 4 is 5.97 Å². The summed E-state index contributed by atoms with van der Waals surface area (Å²) >= 11 is 0. The smallest absolute Gasteiger partial charge is 0.306 e. The Morgan fingerprint density at radius 2 is 2.15 bits per heavy atom. The number of carboxylic acids is 1. The predicted octanol–water partition coefficient (Wildman–Crippen LogP) is 3.17. The van der Waals surface area contributed by atoms with E-state index in [9.17, 15) is 9.90 Å². The third kappa shape index (κ3) is 2.35. The molecule has 1 aliphatic carbocycles. The summed E-state index contributed by atoms with van der Waals surface area (Å²) in [5.74, 6) is -0.779. The monoisotopic (exact) mass is 273 g/mol. The van der Waals surface area contributed by atoms with Crippen molar-refractivity contribution < 1.29 is 9.90 Å². The standard InChI is InChI=1S/C17H23NO2/c1-11-3-4-13-5-6-16(15(13)9-11)18-8-7-14(17(19)20)10-12(18)2/h3-4,9,12,14,16H,5-8,10H2,1-2H3,(H,19,20). The van der Waals surface area contributed by atoms with Gasteiger partial charge in [0.25, 0.3) is 0 Å². The molecule has 0 spiro atoms. The second-order valence-electron chi connectivity index (χ2n) is 6.40. The number of hydrogen-bond acceptors (Lipinski definition) is 2. The number of rotatable bonds is 2. The molecule has 0 aromatic heterocycles. The summed E-state index contributed by atoms with van der Waals surface area (Å²) in [4.78, 5) is 13.7. The van der Waals surface area contributed by atoms with Crippen LogP contribution in [0.5, 0.6) is 0 Å². The highest BCUT2D eigenvalue weighted by atomic mass is 16.4. The molecule has 3 heteroatoms. The number of likely N-dealkylation sites (tertiary alicyclic amines) is 1. The van der Waals surface area contributed by atoms with E-state index in [0.717, 1.165) is 25.8 Å². The van der Waals surface area contributed by atoms with Gasteiger partial charge in [0.1, 0.15) is 0 Å². The van der Waals surface area contributed by atoms with Crippen LogP contribution in [-0.4, -0.2) is 28.6 Å². The molecule has 1 heterocycles. The van der Waals surface area contributed by atoms with Gasteiger partial charge in [0.15, 0.2) is 0 Å². The quantitative estimate of drug-likeness (QED) is 0.899. The minimum absolute atomic E-state index is 0.153. The van der Waals surface area contributed by atoms with Gasteiger partial charge in [-0.2, -0.15) is 0 Å². The first-order valence-electron chi connectivity index (χ1n) is 7.64. The Morgan fingerprint density at radius 1 is 1.35 bits per heavy atom. The van der Waals surface area contributed by atoms with Gasteiger partial charge in [-0.1, -0.05) is 23.8 Å². The van der Waals surface area contributed by atoms with Crippen LogP contribution >= 0.6 is 0 Å². The van der Waals surface area contributed by atoms with Crippen LogP contribution in [-0.2, 0) is 11.2 Å². The summed E-state index contributed by atoms with van der Waals surface area (Å²) in [6.45, 7) is 5.24. The van der Waals surface area contributed by atoms with Gasteiger partial charge in [0.05, 0.1) is 5.92 Å². The topological polar surface area (TPSA) is 40.5 Å². The molecule has 3 rings (SSSR count). The molecule has 20 heavy (non-hydrogen) atoms. The molecule has 0 bridgehead atoms. The van der Waals surface area contributed by atoms with Gasteiger partial charge in [-0.05, 0) is 57.2 Å². The second-order valence-corrected chi connectivity index (χ2v) is 6.40. The van der Waals surface area contributed by atoms with Crippen molar-refractivity contribution in [2.75, 3.05) is 6.54 Å². The summed E-state index contributed by atoms with van der Waals surface area (Å²) in [6, 6.07) is 7.64. The van der Waals surface area contributed by atoms with Crippen molar-refractivity contribution in [3.8, 4) is 0 Å². The molecular weight excluding hydrogens is 250 g/mol. The lowest BCUT2D eigenvalue weighted by Crippen LogP contribution is -2.44. The van der Waals surface area contributed by atoms with Crippen molar-refractivity contribution in [3.05, 3.63) is 34.9 Å². The van der Waals surface area contributed by atoms with Gasteiger partial charge in [-0.3, -0.25) is 9.69 Å². The van der Waals surface area contributed by atoms with Crippen molar-refractivity contribution in [2.24, 2.45) is 5.92 Å². The Balaban J connectivity index is 1.79. The van der Waals surface area contributed by atoms with Crippen LogP contribution in [0.4, 0.5) is 0 Å². The molecule has 1 aromatic rings. The number of fused-ring (bicyclic) bond motifs is 1. The van der Waals surface area contributed by atoms with E-state index in [4.69, 9.17) is 0 Å². The fraction of sp³-hybridized carbons (Fsp3) is 0.588. The van der Waals surface area contributed by atoms with Crippen LogP contribution in [0.2, 0.25) is 0 Å². The van der Waals surface area contributed by atoms with Gasteiger partial charge >= 0.3 is 5.97 Å². The maximum absolute atomic E-state index is 11.2. The van der Waals surface area contributed by atoms with Crippen LogP contribution in [0.25, 0.3) is 0 Å². The average Bonchev–Trinajstić information content (AvgIpc) is 2.81. The fourth-order valence-electron chi connectivity index (χ4n) is 3.92. The lowest BCUT2D eigenvalue weighted by atomic mass is 9.89. The summed E-state index contributed by atoms with van der Waals surface area (Å²) in [5.41, 5.74) is 4.28. The van der Waals surface area contributed by atoms with Crippen LogP contribution in [0, 0.1) is 12.8 Å². The zero-order chi connectivity index (χ0) is 14.3. The molecule has 3 unspecified atom stereocenters. The van der Waals surface area contributed by atoms with Gasteiger partial charge < -0.3 is 5.11 Å². The minimum Gasteiger partial charge on any atom is -0.481 e. The number of hydrogen-bond donors (Lipinski definition) is 1. The van der Waals surface area contributed by atoms with E-state index in [1.165, 1.54) is 23.1 Å². The molecule has 108 valence electrons. The average molecular weight is 273 g/mol. The predicted molar refractivity (Wildman–Crippen MR) is 78.8 cm³/mol. The first-order valence-corrected chi connectivity index (χ1v) is 7.64. The molecule has 1 aromatic carbocycles. The highest BCUT2D eigenvalue weighted by Crippen LogP contribution is 2.40. The van der Waals surface area contributed by atoms with E-state index >= 15 is 0 Å². The number of carbonyl (C=O) groups is 1. The second kappa shape index (κ2) is 5.21. The molecular formula is C17H23NO2. The first kappa shape index (κ1) is 13.6. The number of nitrogens with zero attached hydrogens (tertiary/aromatic N) is 1. The number of carboxylic acid groups (broad SMARTS) is 1. The molecule has 1 aliphatic heterocycles. The van der Waals surface area contributed by atoms with Crippen LogP contribution < -0.4 is 0 Å². The van der Waals surface area contributed by atoms with E-state index < -0.39 is 5.97 Å². The summed E-state index contributed by atoms with van der Waals surface area (Å²) in [7, 11) is 0. The SMILES string of the molecule is Cc1ccc2c(c1)C(N1CCC(C(=O)O)CC1C)CC2. The van der Waals surface area contributed by atoms with E-state index in [-0.39, 0.29) is 5.92 Å². The van der Waals surface area contributed by atoms with E-state index in [2.05, 4.69) is 36.9 Å². The van der Waals surface area contributed by atoms with Crippen molar-refractivity contribution in [3.63, 3.8) is 0 Å².